The molecular formula is C24H32N2O5S. The first-order chi connectivity index (χ1) is 14.7. The van der Waals surface area contributed by atoms with Crippen LogP contribution in [0.1, 0.15) is 67.6 Å². The van der Waals surface area contributed by atoms with E-state index < -0.39 is 34.0 Å². The molecule has 0 saturated carbocycles. The number of benzene rings is 2. The molecule has 0 fully saturated rings. The SMILES string of the molecule is Cc1ccc(S(=O)(=O)NC(C)(C)C)cc1C(=O)OCC(=O)Nc1c(C)cccc1C(C)C. The fourth-order valence-corrected chi connectivity index (χ4v) is 4.62. The van der Waals surface area contributed by atoms with Gasteiger partial charge in [-0.05, 0) is 69.4 Å². The Kier molecular flexibility index (Phi) is 7.85. The monoisotopic (exact) mass is 460 g/mol. The van der Waals surface area contributed by atoms with Crippen molar-refractivity contribution in [3.8, 4) is 0 Å². The lowest BCUT2D eigenvalue weighted by molar-refractivity contribution is -0.119. The number of carbonyl (C=O) groups excluding carboxylic acids is 2. The van der Waals surface area contributed by atoms with E-state index in [2.05, 4.69) is 10.0 Å². The summed E-state index contributed by atoms with van der Waals surface area (Å²) < 4.78 is 32.9. The second-order valence-electron chi connectivity index (χ2n) is 9.15. The fourth-order valence-electron chi connectivity index (χ4n) is 3.18. The van der Waals surface area contributed by atoms with Crippen LogP contribution in [0.2, 0.25) is 0 Å². The summed E-state index contributed by atoms with van der Waals surface area (Å²) >= 11 is 0. The van der Waals surface area contributed by atoms with Gasteiger partial charge in [0.05, 0.1) is 10.5 Å². The number of hydrogen-bond donors (Lipinski definition) is 2. The first kappa shape index (κ1) is 25.5. The van der Waals surface area contributed by atoms with Crippen LogP contribution >= 0.6 is 0 Å². The number of amides is 1. The van der Waals surface area contributed by atoms with Gasteiger partial charge >= 0.3 is 5.97 Å². The lowest BCUT2D eigenvalue weighted by Crippen LogP contribution is -2.40. The number of aryl methyl sites for hydroxylation is 2. The molecule has 2 N–H and O–H groups in total. The largest absolute Gasteiger partial charge is 0.452 e. The average molecular weight is 461 g/mol. The number of hydrogen-bond acceptors (Lipinski definition) is 5. The second-order valence-corrected chi connectivity index (χ2v) is 10.8. The Morgan fingerprint density at radius 2 is 1.69 bits per heavy atom. The zero-order valence-electron chi connectivity index (χ0n) is 19.7. The summed E-state index contributed by atoms with van der Waals surface area (Å²) in [6, 6.07) is 10.0. The molecule has 0 aromatic heterocycles. The summed E-state index contributed by atoms with van der Waals surface area (Å²) in [5.41, 5.74) is 2.58. The molecule has 2 rings (SSSR count). The minimum atomic E-state index is -3.82. The minimum absolute atomic E-state index is 0.0455. The average Bonchev–Trinajstić information content (AvgIpc) is 2.65. The molecule has 0 heterocycles. The van der Waals surface area contributed by atoms with Gasteiger partial charge < -0.3 is 10.1 Å². The first-order valence-electron chi connectivity index (χ1n) is 10.4. The van der Waals surface area contributed by atoms with E-state index in [1.54, 1.807) is 27.7 Å². The lowest BCUT2D eigenvalue weighted by atomic mass is 9.98. The van der Waals surface area contributed by atoms with Gasteiger partial charge in [-0.15, -0.1) is 0 Å². The fraction of sp³-hybridized carbons (Fsp3) is 0.417. The first-order valence-corrected chi connectivity index (χ1v) is 11.9. The number of anilines is 1. The molecule has 0 aliphatic heterocycles. The van der Waals surface area contributed by atoms with Crippen LogP contribution in [-0.2, 0) is 19.6 Å². The Morgan fingerprint density at radius 1 is 1.03 bits per heavy atom. The maximum Gasteiger partial charge on any atom is 0.338 e. The number of esters is 1. The molecule has 0 radical (unpaired) electrons. The van der Waals surface area contributed by atoms with E-state index in [9.17, 15) is 18.0 Å². The molecule has 0 aliphatic rings. The second kappa shape index (κ2) is 9.83. The molecule has 0 aliphatic carbocycles. The van der Waals surface area contributed by atoms with Crippen molar-refractivity contribution < 1.29 is 22.7 Å². The van der Waals surface area contributed by atoms with Gasteiger partial charge in [0.2, 0.25) is 10.0 Å². The third-order valence-corrected chi connectivity index (χ3v) is 6.46. The molecule has 1 amide bonds. The normalized spacial score (nSPS) is 12.0. The minimum Gasteiger partial charge on any atom is -0.452 e. The maximum absolute atomic E-state index is 12.6. The number of para-hydroxylation sites is 1. The Labute approximate surface area is 190 Å². The highest BCUT2D eigenvalue weighted by Gasteiger charge is 2.24. The molecule has 0 bridgehead atoms. The lowest BCUT2D eigenvalue weighted by Gasteiger charge is -2.20. The van der Waals surface area contributed by atoms with E-state index in [1.807, 2.05) is 39.0 Å². The van der Waals surface area contributed by atoms with Gasteiger partial charge in [0, 0.05) is 11.2 Å². The van der Waals surface area contributed by atoms with Gasteiger partial charge in [0.15, 0.2) is 6.61 Å². The third kappa shape index (κ3) is 6.64. The van der Waals surface area contributed by atoms with E-state index in [0.717, 1.165) is 11.1 Å². The molecule has 0 saturated heterocycles. The highest BCUT2D eigenvalue weighted by atomic mass is 32.2. The summed E-state index contributed by atoms with van der Waals surface area (Å²) in [6.45, 7) is 12.3. The topological polar surface area (TPSA) is 102 Å². The van der Waals surface area contributed by atoms with Gasteiger partial charge in [-0.2, -0.15) is 0 Å². The van der Waals surface area contributed by atoms with Crippen molar-refractivity contribution in [2.24, 2.45) is 0 Å². The number of rotatable bonds is 7. The van der Waals surface area contributed by atoms with Crippen molar-refractivity contribution in [3.63, 3.8) is 0 Å². The van der Waals surface area contributed by atoms with Crippen LogP contribution in [0.15, 0.2) is 41.3 Å². The number of nitrogens with one attached hydrogen (secondary N) is 2. The number of carbonyl (C=O) groups is 2. The van der Waals surface area contributed by atoms with Gasteiger partial charge in [0.1, 0.15) is 0 Å². The highest BCUT2D eigenvalue weighted by Crippen LogP contribution is 2.27. The maximum atomic E-state index is 12.6. The van der Waals surface area contributed by atoms with Crippen LogP contribution in [0.4, 0.5) is 5.69 Å². The van der Waals surface area contributed by atoms with Gasteiger partial charge in [-0.25, -0.2) is 17.9 Å². The van der Waals surface area contributed by atoms with Crippen molar-refractivity contribution in [1.29, 1.82) is 0 Å². The van der Waals surface area contributed by atoms with Crippen molar-refractivity contribution in [1.82, 2.24) is 4.72 Å². The van der Waals surface area contributed by atoms with Crippen LogP contribution in [0.25, 0.3) is 0 Å². The van der Waals surface area contributed by atoms with Crippen LogP contribution in [0, 0.1) is 13.8 Å². The molecule has 2 aromatic rings. The summed E-state index contributed by atoms with van der Waals surface area (Å²) in [5, 5.41) is 2.82. The molecule has 0 spiro atoms. The molecule has 174 valence electrons. The molecular weight excluding hydrogens is 428 g/mol. The number of ether oxygens (including phenoxy) is 1. The van der Waals surface area contributed by atoms with E-state index in [0.29, 0.717) is 11.3 Å². The third-order valence-electron chi connectivity index (χ3n) is 4.71. The standard InChI is InChI=1S/C24H32N2O5S/c1-15(2)19-10-8-9-17(4)22(19)25-21(27)14-31-23(28)20-13-18(12-11-16(20)3)32(29,30)26-24(5,6)7/h8-13,15,26H,14H2,1-7H3,(H,25,27). The zero-order chi connectivity index (χ0) is 24.3. The van der Waals surface area contributed by atoms with Crippen LogP contribution in [0.3, 0.4) is 0 Å². The van der Waals surface area contributed by atoms with E-state index in [-0.39, 0.29) is 16.4 Å². The van der Waals surface area contributed by atoms with Gasteiger partial charge in [-0.3, -0.25) is 4.79 Å². The molecule has 7 nitrogen and oxygen atoms in total. The quantitative estimate of drug-likeness (QED) is 0.600. The van der Waals surface area contributed by atoms with Gasteiger partial charge in [0.25, 0.3) is 5.91 Å². The molecule has 2 aromatic carbocycles. The Hall–Kier alpha value is -2.71. The molecule has 0 unspecified atom stereocenters. The van der Waals surface area contributed by atoms with Crippen LogP contribution in [0.5, 0.6) is 0 Å². The molecule has 8 heteroatoms. The van der Waals surface area contributed by atoms with Crippen molar-refractivity contribution in [2.45, 2.75) is 64.8 Å². The molecule has 32 heavy (non-hydrogen) atoms. The summed E-state index contributed by atoms with van der Waals surface area (Å²) in [4.78, 5) is 25.0. The van der Waals surface area contributed by atoms with E-state index >= 15 is 0 Å². The van der Waals surface area contributed by atoms with Crippen LogP contribution in [-0.4, -0.2) is 32.4 Å². The van der Waals surface area contributed by atoms with Crippen LogP contribution < -0.4 is 10.0 Å². The highest BCUT2D eigenvalue weighted by molar-refractivity contribution is 7.89. The summed E-state index contributed by atoms with van der Waals surface area (Å²) in [7, 11) is -3.82. The Bertz CT molecular complexity index is 1120. The molecule has 0 atom stereocenters. The smallest absolute Gasteiger partial charge is 0.338 e. The van der Waals surface area contributed by atoms with Gasteiger partial charge in [-0.1, -0.05) is 38.1 Å². The number of sulfonamides is 1. The van der Waals surface area contributed by atoms with E-state index in [4.69, 9.17) is 4.74 Å². The zero-order valence-corrected chi connectivity index (χ0v) is 20.5. The Morgan fingerprint density at radius 3 is 2.28 bits per heavy atom. The van der Waals surface area contributed by atoms with E-state index in [1.165, 1.54) is 18.2 Å². The predicted molar refractivity (Wildman–Crippen MR) is 125 cm³/mol. The van der Waals surface area contributed by atoms with Crippen molar-refractivity contribution in [2.75, 3.05) is 11.9 Å². The summed E-state index contributed by atoms with van der Waals surface area (Å²) in [5.74, 6) is -1.02. The Balaban J connectivity index is 2.15. The van der Waals surface area contributed by atoms with Crippen molar-refractivity contribution in [3.05, 3.63) is 58.7 Å². The summed E-state index contributed by atoms with van der Waals surface area (Å²) in [6.07, 6.45) is 0. The van der Waals surface area contributed by atoms with Crippen molar-refractivity contribution >= 4 is 27.6 Å². The predicted octanol–water partition coefficient (Wildman–Crippen LogP) is 4.30.